The summed E-state index contributed by atoms with van der Waals surface area (Å²) in [4.78, 5) is 35.2. The van der Waals surface area contributed by atoms with Gasteiger partial charge >= 0.3 is 5.97 Å². The van der Waals surface area contributed by atoms with E-state index in [9.17, 15) is 14.0 Å². The summed E-state index contributed by atoms with van der Waals surface area (Å²) in [5, 5.41) is 2.80. The lowest BCUT2D eigenvalue weighted by Crippen LogP contribution is -2.37. The Morgan fingerprint density at radius 3 is 2.64 bits per heavy atom. The molecule has 33 heavy (non-hydrogen) atoms. The number of allylic oxidation sites excluding steroid dienone is 1. The SMILES string of the molecule is C/C=C(\N=C(/C)C(=O)Nc1cccc(F)c1N1CCC(C(=O)OC)CC1)c1ccnc(C)c1. The van der Waals surface area contributed by atoms with Crippen molar-refractivity contribution in [2.75, 3.05) is 30.4 Å². The van der Waals surface area contributed by atoms with Crippen LogP contribution < -0.4 is 10.2 Å². The van der Waals surface area contributed by atoms with Crippen LogP contribution in [0.3, 0.4) is 0 Å². The van der Waals surface area contributed by atoms with Crippen LogP contribution in [0.25, 0.3) is 5.70 Å². The highest BCUT2D eigenvalue weighted by molar-refractivity contribution is 6.43. The molecular formula is C25H29FN4O3. The van der Waals surface area contributed by atoms with Crippen molar-refractivity contribution in [1.29, 1.82) is 0 Å². The molecule has 1 fully saturated rings. The number of pyridine rings is 1. The lowest BCUT2D eigenvalue weighted by Gasteiger charge is -2.33. The van der Waals surface area contributed by atoms with Crippen molar-refractivity contribution in [2.24, 2.45) is 10.9 Å². The van der Waals surface area contributed by atoms with Gasteiger partial charge in [-0.15, -0.1) is 0 Å². The molecule has 1 amide bonds. The summed E-state index contributed by atoms with van der Waals surface area (Å²) in [7, 11) is 1.37. The Morgan fingerprint density at radius 1 is 1.27 bits per heavy atom. The molecule has 0 atom stereocenters. The molecule has 1 aromatic carbocycles. The van der Waals surface area contributed by atoms with E-state index < -0.39 is 11.7 Å². The molecular weight excluding hydrogens is 423 g/mol. The van der Waals surface area contributed by atoms with Crippen molar-refractivity contribution in [3.8, 4) is 0 Å². The van der Waals surface area contributed by atoms with E-state index >= 15 is 0 Å². The number of aromatic nitrogens is 1. The summed E-state index contributed by atoms with van der Waals surface area (Å²) in [5.74, 6) is -1.29. The Morgan fingerprint density at radius 2 is 2.00 bits per heavy atom. The van der Waals surface area contributed by atoms with Crippen LogP contribution in [-0.2, 0) is 14.3 Å². The first-order valence-corrected chi connectivity index (χ1v) is 10.9. The summed E-state index contributed by atoms with van der Waals surface area (Å²) < 4.78 is 19.6. The van der Waals surface area contributed by atoms with E-state index in [1.54, 1.807) is 25.3 Å². The number of hydrogen-bond acceptors (Lipinski definition) is 6. The number of amides is 1. The predicted molar refractivity (Wildman–Crippen MR) is 128 cm³/mol. The third kappa shape index (κ3) is 5.83. The zero-order chi connectivity index (χ0) is 24.0. The van der Waals surface area contributed by atoms with E-state index in [2.05, 4.69) is 15.3 Å². The van der Waals surface area contributed by atoms with E-state index in [0.717, 1.165) is 11.3 Å². The molecule has 1 aliphatic rings. The van der Waals surface area contributed by atoms with E-state index in [1.807, 2.05) is 37.0 Å². The Kier molecular flexibility index (Phi) is 7.92. The third-order valence-corrected chi connectivity index (χ3v) is 5.66. The van der Waals surface area contributed by atoms with Crippen molar-refractivity contribution in [2.45, 2.75) is 33.6 Å². The van der Waals surface area contributed by atoms with Gasteiger partial charge in [-0.05, 0) is 57.9 Å². The van der Waals surface area contributed by atoms with Crippen molar-refractivity contribution < 1.29 is 18.7 Å². The number of nitrogens with one attached hydrogen (secondary N) is 1. The number of benzene rings is 1. The number of methoxy groups -OCH3 is 1. The topological polar surface area (TPSA) is 83.9 Å². The molecule has 1 N–H and O–H groups in total. The Bertz CT molecular complexity index is 1090. The minimum atomic E-state index is -0.430. The van der Waals surface area contributed by atoms with Gasteiger partial charge in [-0.25, -0.2) is 9.38 Å². The van der Waals surface area contributed by atoms with Crippen molar-refractivity contribution in [3.05, 3.63) is 59.7 Å². The Balaban J connectivity index is 1.78. The summed E-state index contributed by atoms with van der Waals surface area (Å²) in [5.41, 5.74) is 3.29. The van der Waals surface area contributed by atoms with Gasteiger partial charge < -0.3 is 15.0 Å². The lowest BCUT2D eigenvalue weighted by molar-refractivity contribution is -0.146. The summed E-state index contributed by atoms with van der Waals surface area (Å²) in [6.07, 6.45) is 4.64. The van der Waals surface area contributed by atoms with E-state index in [0.29, 0.717) is 43.0 Å². The maximum absolute atomic E-state index is 14.8. The first-order chi connectivity index (χ1) is 15.8. The quantitative estimate of drug-likeness (QED) is 0.520. The summed E-state index contributed by atoms with van der Waals surface area (Å²) in [6.45, 7) is 6.33. The van der Waals surface area contributed by atoms with Gasteiger partial charge in [0, 0.05) is 30.5 Å². The number of rotatable bonds is 6. The van der Waals surface area contributed by atoms with Crippen LogP contribution in [0.15, 0.2) is 47.6 Å². The minimum Gasteiger partial charge on any atom is -0.469 e. The molecule has 7 nitrogen and oxygen atoms in total. The molecule has 1 saturated heterocycles. The molecule has 0 radical (unpaired) electrons. The highest BCUT2D eigenvalue weighted by Crippen LogP contribution is 2.33. The number of carbonyl (C=O) groups is 2. The van der Waals surface area contributed by atoms with E-state index in [4.69, 9.17) is 4.74 Å². The van der Waals surface area contributed by atoms with Crippen LogP contribution in [0, 0.1) is 18.7 Å². The number of anilines is 2. The van der Waals surface area contributed by atoms with Gasteiger partial charge in [-0.3, -0.25) is 14.6 Å². The van der Waals surface area contributed by atoms with Crippen molar-refractivity contribution in [3.63, 3.8) is 0 Å². The van der Waals surface area contributed by atoms with Gasteiger partial charge in [0.2, 0.25) is 0 Å². The van der Waals surface area contributed by atoms with Crippen molar-refractivity contribution >= 4 is 34.7 Å². The standard InChI is InChI=1S/C25H29FN4O3/c1-5-21(19-9-12-27-16(2)15-19)28-17(3)24(31)29-22-8-6-7-20(26)23(22)30-13-10-18(11-14-30)25(32)33-4/h5-9,12,15,18H,10-11,13-14H2,1-4H3,(H,29,31)/b21-5-,28-17+. The molecule has 0 unspecified atom stereocenters. The van der Waals surface area contributed by atoms with Gasteiger partial charge in [0.1, 0.15) is 11.5 Å². The maximum Gasteiger partial charge on any atom is 0.308 e. The first kappa shape index (κ1) is 24.1. The van der Waals surface area contributed by atoms with Gasteiger partial charge in [0.15, 0.2) is 0 Å². The molecule has 1 aliphatic heterocycles. The van der Waals surface area contributed by atoms with Crippen LogP contribution >= 0.6 is 0 Å². The number of halogens is 1. The fraction of sp³-hybridized carbons (Fsp3) is 0.360. The highest BCUT2D eigenvalue weighted by Gasteiger charge is 2.28. The number of aliphatic imine (C=N–C) groups is 1. The number of nitrogens with zero attached hydrogens (tertiary/aromatic N) is 3. The van der Waals surface area contributed by atoms with Crippen LogP contribution in [-0.4, -0.2) is 42.8 Å². The largest absolute Gasteiger partial charge is 0.469 e. The second kappa shape index (κ2) is 10.8. The Labute approximate surface area is 193 Å². The molecule has 1 aromatic heterocycles. The van der Waals surface area contributed by atoms with Crippen LogP contribution in [0.1, 0.15) is 37.9 Å². The number of hydrogen-bond donors (Lipinski definition) is 1. The first-order valence-electron chi connectivity index (χ1n) is 10.9. The zero-order valence-electron chi connectivity index (χ0n) is 19.4. The lowest BCUT2D eigenvalue weighted by atomic mass is 9.96. The second-order valence-electron chi connectivity index (χ2n) is 7.93. The number of para-hydroxylation sites is 1. The van der Waals surface area contributed by atoms with Gasteiger partial charge in [-0.2, -0.15) is 0 Å². The summed E-state index contributed by atoms with van der Waals surface area (Å²) >= 11 is 0. The number of esters is 1. The molecule has 0 saturated carbocycles. The zero-order valence-corrected chi connectivity index (χ0v) is 19.4. The fourth-order valence-corrected chi connectivity index (χ4v) is 3.89. The normalized spacial score (nSPS) is 15.4. The molecule has 2 aromatic rings. The molecule has 0 spiro atoms. The van der Waals surface area contributed by atoms with E-state index in [1.165, 1.54) is 13.2 Å². The van der Waals surface area contributed by atoms with Crippen LogP contribution in [0.4, 0.5) is 15.8 Å². The highest BCUT2D eigenvalue weighted by atomic mass is 19.1. The fourth-order valence-electron chi connectivity index (χ4n) is 3.89. The smallest absolute Gasteiger partial charge is 0.308 e. The van der Waals surface area contributed by atoms with Gasteiger partial charge in [-0.1, -0.05) is 12.1 Å². The van der Waals surface area contributed by atoms with Gasteiger partial charge in [0.25, 0.3) is 5.91 Å². The molecule has 2 heterocycles. The Hall–Kier alpha value is -3.55. The van der Waals surface area contributed by atoms with Crippen molar-refractivity contribution in [1.82, 2.24) is 4.98 Å². The van der Waals surface area contributed by atoms with Gasteiger partial charge in [0.05, 0.1) is 30.1 Å². The van der Waals surface area contributed by atoms with Crippen LogP contribution in [0.5, 0.6) is 0 Å². The molecule has 8 heteroatoms. The molecule has 174 valence electrons. The average molecular weight is 453 g/mol. The molecule has 3 rings (SSSR count). The second-order valence-corrected chi connectivity index (χ2v) is 7.93. The number of aryl methyl sites for hydroxylation is 1. The molecule has 0 bridgehead atoms. The van der Waals surface area contributed by atoms with Crippen LogP contribution in [0.2, 0.25) is 0 Å². The molecule has 0 aliphatic carbocycles. The minimum absolute atomic E-state index is 0.193. The summed E-state index contributed by atoms with van der Waals surface area (Å²) in [6, 6.07) is 8.31. The number of ether oxygens (including phenoxy) is 1. The monoisotopic (exact) mass is 452 g/mol. The van der Waals surface area contributed by atoms with E-state index in [-0.39, 0.29) is 17.6 Å². The third-order valence-electron chi connectivity index (χ3n) is 5.66. The predicted octanol–water partition coefficient (Wildman–Crippen LogP) is 4.38. The maximum atomic E-state index is 14.8. The number of piperidine rings is 1. The average Bonchev–Trinajstić information content (AvgIpc) is 2.82. The number of carbonyl (C=O) groups excluding carboxylic acids is 2.